The molecule has 1 aromatic heterocycles. The molecule has 2 N–H and O–H groups in total. The first-order valence-corrected chi connectivity index (χ1v) is 7.15. The summed E-state index contributed by atoms with van der Waals surface area (Å²) in [5, 5.41) is 16.0. The molecule has 2 aromatic rings. The van der Waals surface area contributed by atoms with Crippen LogP contribution < -0.4 is 5.32 Å². The van der Waals surface area contributed by atoms with Crippen molar-refractivity contribution in [2.45, 2.75) is 6.92 Å². The molecule has 2 amide bonds. The lowest BCUT2D eigenvalue weighted by atomic mass is 10.3. The molecule has 7 heteroatoms. The van der Waals surface area contributed by atoms with Gasteiger partial charge >= 0.3 is 6.03 Å². The zero-order valence-corrected chi connectivity index (χ0v) is 12.9. The molecular formula is C16H19FN4O2. The van der Waals surface area contributed by atoms with Gasteiger partial charge in [0.2, 0.25) is 0 Å². The minimum atomic E-state index is -0.372. The first-order chi connectivity index (χ1) is 11.0. The lowest BCUT2D eigenvalue weighted by molar-refractivity contribution is 0.195. The van der Waals surface area contributed by atoms with Gasteiger partial charge in [0.1, 0.15) is 5.82 Å². The summed E-state index contributed by atoms with van der Waals surface area (Å²) in [5.41, 5.74) is 1.49. The summed E-state index contributed by atoms with van der Waals surface area (Å²) < 4.78 is 14.6. The highest BCUT2D eigenvalue weighted by molar-refractivity contribution is 5.88. The maximum absolute atomic E-state index is 13.0. The number of nitrogens with zero attached hydrogens (tertiary/aromatic N) is 3. The van der Waals surface area contributed by atoms with Crippen LogP contribution in [0.2, 0.25) is 0 Å². The Hall–Kier alpha value is -2.67. The summed E-state index contributed by atoms with van der Waals surface area (Å²) >= 11 is 0. The highest BCUT2D eigenvalue weighted by Crippen LogP contribution is 2.16. The predicted octanol–water partition coefficient (Wildman–Crippen LogP) is 2.33. The van der Waals surface area contributed by atoms with Crippen molar-refractivity contribution in [2.24, 2.45) is 0 Å². The first kappa shape index (κ1) is 16.7. The number of rotatable bonds is 6. The molecule has 122 valence electrons. The van der Waals surface area contributed by atoms with Gasteiger partial charge in [0.05, 0.1) is 12.3 Å². The highest BCUT2D eigenvalue weighted by atomic mass is 19.1. The Kier molecular flexibility index (Phi) is 5.48. The number of aryl methyl sites for hydroxylation is 1. The van der Waals surface area contributed by atoms with Crippen molar-refractivity contribution in [1.82, 2.24) is 14.7 Å². The number of amides is 2. The van der Waals surface area contributed by atoms with Crippen molar-refractivity contribution in [3.8, 4) is 5.69 Å². The van der Waals surface area contributed by atoms with E-state index in [1.807, 2.05) is 6.92 Å². The molecule has 23 heavy (non-hydrogen) atoms. The van der Waals surface area contributed by atoms with Crippen LogP contribution in [0, 0.1) is 12.7 Å². The van der Waals surface area contributed by atoms with Gasteiger partial charge in [0, 0.05) is 24.8 Å². The van der Waals surface area contributed by atoms with E-state index in [2.05, 4.69) is 17.0 Å². The average Bonchev–Trinajstić information content (AvgIpc) is 2.88. The molecule has 1 aromatic carbocycles. The third kappa shape index (κ3) is 4.17. The molecule has 0 aliphatic rings. The number of urea groups is 1. The minimum Gasteiger partial charge on any atom is -0.395 e. The summed E-state index contributed by atoms with van der Waals surface area (Å²) in [4.78, 5) is 13.6. The molecule has 0 unspecified atom stereocenters. The predicted molar refractivity (Wildman–Crippen MR) is 86.1 cm³/mol. The van der Waals surface area contributed by atoms with Crippen molar-refractivity contribution < 1.29 is 14.3 Å². The molecule has 0 fully saturated rings. The van der Waals surface area contributed by atoms with Gasteiger partial charge in [-0.15, -0.1) is 11.7 Å². The second-order valence-electron chi connectivity index (χ2n) is 4.95. The van der Waals surface area contributed by atoms with Crippen LogP contribution in [0.1, 0.15) is 5.69 Å². The van der Waals surface area contributed by atoms with Crippen LogP contribution in [0.15, 0.2) is 43.0 Å². The molecule has 0 atom stereocenters. The lowest BCUT2D eigenvalue weighted by Gasteiger charge is -2.19. The number of carbonyl (C=O) groups is 1. The van der Waals surface area contributed by atoms with Gasteiger partial charge < -0.3 is 10.0 Å². The number of hydrogen-bond acceptors (Lipinski definition) is 3. The fourth-order valence-electron chi connectivity index (χ4n) is 2.12. The number of nitrogens with one attached hydrogen (secondary N) is 1. The summed E-state index contributed by atoms with van der Waals surface area (Å²) in [5.74, 6) is 0.0555. The normalized spacial score (nSPS) is 10.4. The standard InChI is InChI=1S/C16H19FN4O2/c1-3-8-20(9-10-22)16(23)18-15-11-12(2)21(19-15)14-6-4-13(17)5-7-14/h3-7,11,22H,1,8-10H2,2H3,(H,18,19,23). The smallest absolute Gasteiger partial charge is 0.323 e. The van der Waals surface area contributed by atoms with E-state index in [4.69, 9.17) is 5.11 Å². The molecule has 1 heterocycles. The molecule has 6 nitrogen and oxygen atoms in total. The van der Waals surface area contributed by atoms with Crippen LogP contribution in [0.3, 0.4) is 0 Å². The monoisotopic (exact) mass is 318 g/mol. The Morgan fingerprint density at radius 1 is 1.48 bits per heavy atom. The van der Waals surface area contributed by atoms with E-state index < -0.39 is 0 Å². The number of aliphatic hydroxyl groups excluding tert-OH is 1. The zero-order chi connectivity index (χ0) is 16.8. The number of anilines is 1. The van der Waals surface area contributed by atoms with E-state index in [1.165, 1.54) is 17.0 Å². The molecule has 2 rings (SSSR count). The lowest BCUT2D eigenvalue weighted by Crippen LogP contribution is -2.37. The van der Waals surface area contributed by atoms with E-state index in [9.17, 15) is 9.18 Å². The quantitative estimate of drug-likeness (QED) is 0.803. The molecule has 0 saturated heterocycles. The van der Waals surface area contributed by atoms with Gasteiger partial charge in [0.15, 0.2) is 5.82 Å². The topological polar surface area (TPSA) is 70.4 Å². The Bertz CT molecular complexity index is 682. The highest BCUT2D eigenvalue weighted by Gasteiger charge is 2.14. The van der Waals surface area contributed by atoms with Crippen LogP contribution in [0.5, 0.6) is 0 Å². The molecule has 0 saturated carbocycles. The minimum absolute atomic E-state index is 0.135. The van der Waals surface area contributed by atoms with E-state index in [1.54, 1.807) is 29.0 Å². The third-order valence-corrected chi connectivity index (χ3v) is 3.20. The summed E-state index contributed by atoms with van der Waals surface area (Å²) in [6.45, 7) is 5.81. The van der Waals surface area contributed by atoms with Crippen molar-refractivity contribution in [2.75, 3.05) is 25.0 Å². The van der Waals surface area contributed by atoms with E-state index in [-0.39, 0.29) is 25.0 Å². The van der Waals surface area contributed by atoms with Gasteiger partial charge in [-0.3, -0.25) is 5.32 Å². The number of hydrogen-bond donors (Lipinski definition) is 2. The number of benzene rings is 1. The Balaban J connectivity index is 2.15. The number of carbonyl (C=O) groups excluding carboxylic acids is 1. The number of aromatic nitrogens is 2. The van der Waals surface area contributed by atoms with E-state index in [0.29, 0.717) is 18.1 Å². The molecule has 0 aliphatic heterocycles. The van der Waals surface area contributed by atoms with Crippen molar-refractivity contribution in [1.29, 1.82) is 0 Å². The third-order valence-electron chi connectivity index (χ3n) is 3.20. The maximum Gasteiger partial charge on any atom is 0.323 e. The fourth-order valence-corrected chi connectivity index (χ4v) is 2.12. The summed E-state index contributed by atoms with van der Waals surface area (Å²) in [6.07, 6.45) is 1.58. The van der Waals surface area contributed by atoms with Crippen molar-refractivity contribution in [3.63, 3.8) is 0 Å². The second kappa shape index (κ2) is 7.55. The van der Waals surface area contributed by atoms with Crippen molar-refractivity contribution in [3.05, 3.63) is 54.5 Å². The van der Waals surface area contributed by atoms with Crippen LogP contribution in [-0.2, 0) is 0 Å². The maximum atomic E-state index is 13.0. The first-order valence-electron chi connectivity index (χ1n) is 7.15. The Morgan fingerprint density at radius 2 is 2.17 bits per heavy atom. The van der Waals surface area contributed by atoms with Crippen LogP contribution >= 0.6 is 0 Å². The fraction of sp³-hybridized carbons (Fsp3) is 0.250. The Morgan fingerprint density at radius 3 is 2.78 bits per heavy atom. The Labute approximate surface area is 133 Å². The van der Waals surface area contributed by atoms with Crippen LogP contribution in [0.4, 0.5) is 15.0 Å². The van der Waals surface area contributed by atoms with E-state index >= 15 is 0 Å². The van der Waals surface area contributed by atoms with E-state index in [0.717, 1.165) is 5.69 Å². The number of halogens is 1. The van der Waals surface area contributed by atoms with Gasteiger partial charge in [-0.2, -0.15) is 0 Å². The molecular weight excluding hydrogens is 299 g/mol. The molecule has 0 aliphatic carbocycles. The van der Waals surface area contributed by atoms with Gasteiger partial charge in [-0.25, -0.2) is 13.9 Å². The van der Waals surface area contributed by atoms with Crippen molar-refractivity contribution >= 4 is 11.8 Å². The SMILES string of the molecule is C=CCN(CCO)C(=O)Nc1cc(C)n(-c2ccc(F)cc2)n1. The van der Waals surface area contributed by atoms with Gasteiger partial charge in [0.25, 0.3) is 0 Å². The molecule has 0 spiro atoms. The van der Waals surface area contributed by atoms with Gasteiger partial charge in [-0.05, 0) is 31.2 Å². The van der Waals surface area contributed by atoms with Crippen LogP contribution in [-0.4, -0.2) is 45.5 Å². The molecule has 0 bridgehead atoms. The largest absolute Gasteiger partial charge is 0.395 e. The number of aliphatic hydroxyl groups is 1. The van der Waals surface area contributed by atoms with Gasteiger partial charge in [-0.1, -0.05) is 6.08 Å². The average molecular weight is 318 g/mol. The second-order valence-corrected chi connectivity index (χ2v) is 4.95. The van der Waals surface area contributed by atoms with Crippen LogP contribution in [0.25, 0.3) is 5.69 Å². The summed E-state index contributed by atoms with van der Waals surface area (Å²) in [7, 11) is 0. The zero-order valence-electron chi connectivity index (χ0n) is 12.9. The molecule has 0 radical (unpaired) electrons. The summed E-state index contributed by atoms with van der Waals surface area (Å²) in [6, 6.07) is 7.26.